The second-order valence-electron chi connectivity index (χ2n) is 4.73. The number of benzene rings is 1. The molecular weight excluding hydrogens is 254 g/mol. The van der Waals surface area contributed by atoms with Crippen molar-refractivity contribution in [3.8, 4) is 11.5 Å². The fourth-order valence-electron chi connectivity index (χ4n) is 1.97. The third-order valence-corrected chi connectivity index (χ3v) is 3.05. The number of hydrogen-bond acceptors (Lipinski definition) is 4. The van der Waals surface area contributed by atoms with Crippen LogP contribution in [0.15, 0.2) is 18.2 Å². The molecule has 1 aromatic rings. The SMILES string of the molecule is CCCNC(COCCC)c1cc(OC)cc(OC)c1. The van der Waals surface area contributed by atoms with Gasteiger partial charge in [-0.2, -0.15) is 0 Å². The molecule has 1 N–H and O–H groups in total. The van der Waals surface area contributed by atoms with Crippen LogP contribution in [0.1, 0.15) is 38.3 Å². The summed E-state index contributed by atoms with van der Waals surface area (Å²) in [7, 11) is 3.33. The Bertz CT molecular complexity index is 360. The Labute approximate surface area is 122 Å². The Morgan fingerprint density at radius 3 is 2.15 bits per heavy atom. The van der Waals surface area contributed by atoms with Crippen LogP contribution in [-0.2, 0) is 4.74 Å². The van der Waals surface area contributed by atoms with Crippen LogP contribution in [0.3, 0.4) is 0 Å². The highest BCUT2D eigenvalue weighted by molar-refractivity contribution is 5.39. The van der Waals surface area contributed by atoms with E-state index in [2.05, 4.69) is 19.2 Å². The molecule has 0 aromatic heterocycles. The average molecular weight is 281 g/mol. The van der Waals surface area contributed by atoms with Crippen LogP contribution >= 0.6 is 0 Å². The van der Waals surface area contributed by atoms with Crippen molar-refractivity contribution in [1.82, 2.24) is 5.32 Å². The Morgan fingerprint density at radius 2 is 1.65 bits per heavy atom. The van der Waals surface area contributed by atoms with Gasteiger partial charge in [-0.05, 0) is 37.1 Å². The van der Waals surface area contributed by atoms with E-state index in [1.165, 1.54) is 0 Å². The molecule has 0 bridgehead atoms. The zero-order chi connectivity index (χ0) is 14.8. The predicted molar refractivity (Wildman–Crippen MR) is 81.7 cm³/mol. The number of rotatable bonds is 10. The molecule has 1 unspecified atom stereocenters. The lowest BCUT2D eigenvalue weighted by Gasteiger charge is -2.20. The molecule has 0 saturated carbocycles. The molecule has 0 aliphatic carbocycles. The van der Waals surface area contributed by atoms with Crippen molar-refractivity contribution in [2.24, 2.45) is 0 Å². The molecule has 0 fully saturated rings. The van der Waals surface area contributed by atoms with E-state index in [1.807, 2.05) is 18.2 Å². The summed E-state index contributed by atoms with van der Waals surface area (Å²) in [5, 5.41) is 3.51. The van der Waals surface area contributed by atoms with Gasteiger partial charge in [0.05, 0.1) is 26.9 Å². The summed E-state index contributed by atoms with van der Waals surface area (Å²) < 4.78 is 16.4. The van der Waals surface area contributed by atoms with Crippen LogP contribution in [0.2, 0.25) is 0 Å². The Hall–Kier alpha value is -1.26. The van der Waals surface area contributed by atoms with E-state index < -0.39 is 0 Å². The second-order valence-corrected chi connectivity index (χ2v) is 4.73. The first-order valence-electron chi connectivity index (χ1n) is 7.29. The van der Waals surface area contributed by atoms with Gasteiger partial charge in [0.15, 0.2) is 0 Å². The lowest BCUT2D eigenvalue weighted by Crippen LogP contribution is -2.26. The first-order valence-corrected chi connectivity index (χ1v) is 7.29. The lowest BCUT2D eigenvalue weighted by atomic mass is 10.1. The van der Waals surface area contributed by atoms with E-state index in [4.69, 9.17) is 14.2 Å². The fourth-order valence-corrected chi connectivity index (χ4v) is 1.97. The van der Waals surface area contributed by atoms with Crippen molar-refractivity contribution in [1.29, 1.82) is 0 Å². The normalized spacial score (nSPS) is 12.2. The summed E-state index contributed by atoms with van der Waals surface area (Å²) in [6.07, 6.45) is 2.12. The minimum absolute atomic E-state index is 0.158. The lowest BCUT2D eigenvalue weighted by molar-refractivity contribution is 0.112. The second kappa shape index (κ2) is 9.61. The monoisotopic (exact) mass is 281 g/mol. The number of hydrogen-bond donors (Lipinski definition) is 1. The van der Waals surface area contributed by atoms with E-state index in [-0.39, 0.29) is 6.04 Å². The summed E-state index contributed by atoms with van der Waals surface area (Å²) in [5.41, 5.74) is 1.13. The summed E-state index contributed by atoms with van der Waals surface area (Å²) in [6.45, 7) is 6.67. The fraction of sp³-hybridized carbons (Fsp3) is 0.625. The minimum atomic E-state index is 0.158. The molecule has 0 saturated heterocycles. The molecular formula is C16H27NO3. The third-order valence-electron chi connectivity index (χ3n) is 3.05. The topological polar surface area (TPSA) is 39.7 Å². The van der Waals surface area contributed by atoms with Gasteiger partial charge in [0.2, 0.25) is 0 Å². The number of methoxy groups -OCH3 is 2. The van der Waals surface area contributed by atoms with Crippen LogP contribution in [0, 0.1) is 0 Å². The maximum Gasteiger partial charge on any atom is 0.122 e. The van der Waals surface area contributed by atoms with Crippen molar-refractivity contribution in [3.05, 3.63) is 23.8 Å². The van der Waals surface area contributed by atoms with Gasteiger partial charge in [-0.25, -0.2) is 0 Å². The Balaban J connectivity index is 2.86. The molecule has 114 valence electrons. The maximum atomic E-state index is 5.70. The van der Waals surface area contributed by atoms with E-state index in [0.717, 1.165) is 43.1 Å². The Kier molecular flexibility index (Phi) is 8.07. The molecule has 1 atom stereocenters. The number of ether oxygens (including phenoxy) is 3. The van der Waals surface area contributed by atoms with Crippen LogP contribution < -0.4 is 14.8 Å². The molecule has 1 aromatic carbocycles. The van der Waals surface area contributed by atoms with E-state index in [9.17, 15) is 0 Å². The van der Waals surface area contributed by atoms with Gasteiger partial charge in [0.1, 0.15) is 11.5 Å². The van der Waals surface area contributed by atoms with Crippen LogP contribution in [0.25, 0.3) is 0 Å². The zero-order valence-corrected chi connectivity index (χ0v) is 13.1. The van der Waals surface area contributed by atoms with Crippen LogP contribution in [0.5, 0.6) is 11.5 Å². The van der Waals surface area contributed by atoms with Gasteiger partial charge >= 0.3 is 0 Å². The van der Waals surface area contributed by atoms with Gasteiger partial charge in [-0.3, -0.25) is 0 Å². The largest absolute Gasteiger partial charge is 0.497 e. The molecule has 4 nitrogen and oxygen atoms in total. The zero-order valence-electron chi connectivity index (χ0n) is 13.1. The number of nitrogens with one attached hydrogen (secondary N) is 1. The van der Waals surface area contributed by atoms with Gasteiger partial charge in [-0.15, -0.1) is 0 Å². The Morgan fingerprint density at radius 1 is 1.00 bits per heavy atom. The summed E-state index contributed by atoms with van der Waals surface area (Å²) >= 11 is 0. The highest BCUT2D eigenvalue weighted by Crippen LogP contribution is 2.26. The average Bonchev–Trinajstić information content (AvgIpc) is 2.50. The highest BCUT2D eigenvalue weighted by atomic mass is 16.5. The van der Waals surface area contributed by atoms with Crippen molar-refractivity contribution in [2.75, 3.05) is 34.0 Å². The van der Waals surface area contributed by atoms with E-state index in [0.29, 0.717) is 6.61 Å². The molecule has 0 aliphatic rings. The molecule has 0 spiro atoms. The van der Waals surface area contributed by atoms with Gasteiger partial charge in [0.25, 0.3) is 0 Å². The van der Waals surface area contributed by atoms with E-state index >= 15 is 0 Å². The van der Waals surface area contributed by atoms with Crippen molar-refractivity contribution >= 4 is 0 Å². The van der Waals surface area contributed by atoms with Crippen molar-refractivity contribution < 1.29 is 14.2 Å². The molecule has 1 rings (SSSR count). The molecule has 0 amide bonds. The first-order chi connectivity index (χ1) is 9.74. The van der Waals surface area contributed by atoms with Gasteiger partial charge < -0.3 is 19.5 Å². The smallest absolute Gasteiger partial charge is 0.122 e. The molecule has 0 heterocycles. The maximum absolute atomic E-state index is 5.70. The van der Waals surface area contributed by atoms with Crippen molar-refractivity contribution in [3.63, 3.8) is 0 Å². The summed E-state index contributed by atoms with van der Waals surface area (Å²) in [5.74, 6) is 1.61. The van der Waals surface area contributed by atoms with Crippen LogP contribution in [-0.4, -0.2) is 34.0 Å². The van der Waals surface area contributed by atoms with Crippen molar-refractivity contribution in [2.45, 2.75) is 32.7 Å². The standard InChI is InChI=1S/C16H27NO3/c1-5-7-17-16(12-20-8-6-2)13-9-14(18-3)11-15(10-13)19-4/h9-11,16-17H,5-8,12H2,1-4H3. The summed E-state index contributed by atoms with van der Waals surface area (Å²) in [4.78, 5) is 0. The van der Waals surface area contributed by atoms with Crippen LogP contribution in [0.4, 0.5) is 0 Å². The third kappa shape index (κ3) is 5.39. The first kappa shape index (κ1) is 16.8. The molecule has 0 radical (unpaired) electrons. The van der Waals surface area contributed by atoms with E-state index in [1.54, 1.807) is 14.2 Å². The quantitative estimate of drug-likeness (QED) is 0.669. The molecule has 20 heavy (non-hydrogen) atoms. The predicted octanol–water partition coefficient (Wildman–Crippen LogP) is 3.17. The minimum Gasteiger partial charge on any atom is -0.497 e. The van der Waals surface area contributed by atoms with Gasteiger partial charge in [0, 0.05) is 12.7 Å². The van der Waals surface area contributed by atoms with Gasteiger partial charge in [-0.1, -0.05) is 13.8 Å². The molecule has 4 heteroatoms. The molecule has 0 aliphatic heterocycles. The highest BCUT2D eigenvalue weighted by Gasteiger charge is 2.13. The summed E-state index contributed by atoms with van der Waals surface area (Å²) in [6, 6.07) is 6.11.